The molecule has 3 heterocycles. The molecule has 0 saturated carbocycles. The van der Waals surface area contributed by atoms with Crippen LogP contribution in [0.3, 0.4) is 0 Å². The van der Waals surface area contributed by atoms with Crippen molar-refractivity contribution in [2.24, 2.45) is 5.10 Å². The van der Waals surface area contributed by atoms with Crippen LogP contribution in [0.1, 0.15) is 24.0 Å². The van der Waals surface area contributed by atoms with Gasteiger partial charge in [0.2, 0.25) is 0 Å². The van der Waals surface area contributed by atoms with E-state index in [9.17, 15) is 4.79 Å². The molecule has 132 valence electrons. The number of rotatable bonds is 3. The van der Waals surface area contributed by atoms with Gasteiger partial charge in [-0.2, -0.15) is 5.10 Å². The minimum atomic E-state index is -0.411. The van der Waals surface area contributed by atoms with Crippen LogP contribution in [0.2, 0.25) is 10.0 Å². The molecule has 1 aliphatic heterocycles. The van der Waals surface area contributed by atoms with Gasteiger partial charge in [0.15, 0.2) is 0 Å². The Kier molecular flexibility index (Phi) is 4.44. The average Bonchev–Trinajstić information content (AvgIpc) is 3.38. The molecule has 1 atom stereocenters. The van der Waals surface area contributed by atoms with Crippen molar-refractivity contribution in [2.45, 2.75) is 12.5 Å². The highest BCUT2D eigenvalue weighted by Gasteiger charge is 2.35. The highest BCUT2D eigenvalue weighted by Crippen LogP contribution is 2.34. The van der Waals surface area contributed by atoms with Gasteiger partial charge >= 0.3 is 6.03 Å². The summed E-state index contributed by atoms with van der Waals surface area (Å²) in [4.78, 5) is 12.8. The second-order valence-corrected chi connectivity index (χ2v) is 6.48. The number of hydrogen-bond donors (Lipinski definition) is 1. The first-order chi connectivity index (χ1) is 12.6. The highest BCUT2D eigenvalue weighted by atomic mass is 35.5. The fourth-order valence-electron chi connectivity index (χ4n) is 2.75. The molecule has 26 heavy (non-hydrogen) atoms. The molecule has 0 radical (unpaired) electrons. The SMILES string of the molecule is O=C(Nc1ccc(Cl)c(Cl)c1)N1N=C(c2ccco2)CC1c1ccco1. The van der Waals surface area contributed by atoms with Gasteiger partial charge in [-0.3, -0.25) is 0 Å². The van der Waals surface area contributed by atoms with Gasteiger partial charge in [0.05, 0.1) is 22.6 Å². The molecule has 2 amide bonds. The van der Waals surface area contributed by atoms with Gasteiger partial charge in [-0.15, -0.1) is 0 Å². The number of carbonyl (C=O) groups excluding carboxylic acids is 1. The maximum absolute atomic E-state index is 12.8. The van der Waals surface area contributed by atoms with Crippen molar-refractivity contribution in [3.8, 4) is 0 Å². The van der Waals surface area contributed by atoms with Crippen LogP contribution >= 0.6 is 23.2 Å². The molecule has 0 bridgehead atoms. The standard InChI is InChI=1S/C18H13Cl2N3O3/c19-12-6-5-11(9-13(12)20)21-18(24)23-15(17-4-2-8-26-17)10-14(22-23)16-3-1-7-25-16/h1-9,15H,10H2,(H,21,24). The predicted octanol–water partition coefficient (Wildman–Crippen LogP) is 5.56. The molecule has 4 rings (SSSR count). The lowest BCUT2D eigenvalue weighted by molar-refractivity contribution is 0.192. The first-order valence-electron chi connectivity index (χ1n) is 7.82. The third-order valence-corrected chi connectivity index (χ3v) is 4.71. The fourth-order valence-corrected chi connectivity index (χ4v) is 3.04. The number of nitrogens with zero attached hydrogens (tertiary/aromatic N) is 2. The summed E-state index contributed by atoms with van der Waals surface area (Å²) in [6.07, 6.45) is 3.61. The van der Waals surface area contributed by atoms with Gasteiger partial charge in [-0.25, -0.2) is 9.80 Å². The minimum Gasteiger partial charge on any atom is -0.467 e. The zero-order valence-corrected chi connectivity index (χ0v) is 14.9. The van der Waals surface area contributed by atoms with E-state index in [0.717, 1.165) is 0 Å². The van der Waals surface area contributed by atoms with Crippen LogP contribution in [0.15, 0.2) is 68.9 Å². The third-order valence-electron chi connectivity index (χ3n) is 3.97. The molecule has 1 aliphatic rings. The first-order valence-corrected chi connectivity index (χ1v) is 8.57. The van der Waals surface area contributed by atoms with E-state index < -0.39 is 6.03 Å². The van der Waals surface area contributed by atoms with Crippen LogP contribution in [-0.2, 0) is 0 Å². The molecule has 6 nitrogen and oxygen atoms in total. The number of benzene rings is 1. The van der Waals surface area contributed by atoms with Crippen LogP contribution in [0.5, 0.6) is 0 Å². The Hall–Kier alpha value is -2.70. The van der Waals surface area contributed by atoms with Gasteiger partial charge in [0, 0.05) is 12.1 Å². The van der Waals surface area contributed by atoms with E-state index in [2.05, 4.69) is 10.4 Å². The maximum atomic E-state index is 12.8. The third kappa shape index (κ3) is 3.21. The Labute approximate surface area is 159 Å². The molecule has 0 fully saturated rings. The number of urea groups is 1. The number of halogens is 2. The van der Waals surface area contributed by atoms with E-state index in [4.69, 9.17) is 32.0 Å². The summed E-state index contributed by atoms with van der Waals surface area (Å²) in [7, 11) is 0. The number of nitrogens with one attached hydrogen (secondary N) is 1. The van der Waals surface area contributed by atoms with Crippen LogP contribution in [0, 0.1) is 0 Å². The van der Waals surface area contributed by atoms with E-state index >= 15 is 0 Å². The average molecular weight is 390 g/mol. The van der Waals surface area contributed by atoms with Crippen LogP contribution in [-0.4, -0.2) is 16.8 Å². The first kappa shape index (κ1) is 16.8. The lowest BCUT2D eigenvalue weighted by atomic mass is 10.1. The molecule has 1 aromatic carbocycles. The minimum absolute atomic E-state index is 0.355. The van der Waals surface area contributed by atoms with Gasteiger partial charge in [0.25, 0.3) is 0 Å². The Bertz CT molecular complexity index is 952. The van der Waals surface area contributed by atoms with E-state index in [-0.39, 0.29) is 6.04 Å². The number of furan rings is 2. The molecule has 1 N–H and O–H groups in total. The number of hydrazone groups is 1. The zero-order valence-electron chi connectivity index (χ0n) is 13.4. The molecular formula is C18H13Cl2N3O3. The summed E-state index contributed by atoms with van der Waals surface area (Å²) in [5.41, 5.74) is 1.19. The molecule has 0 saturated heterocycles. The molecular weight excluding hydrogens is 377 g/mol. The summed E-state index contributed by atoms with van der Waals surface area (Å²) in [6, 6.07) is 11.2. The van der Waals surface area contributed by atoms with Crippen molar-refractivity contribution in [2.75, 3.05) is 5.32 Å². The lowest BCUT2D eigenvalue weighted by Gasteiger charge is -2.20. The number of carbonyl (C=O) groups is 1. The van der Waals surface area contributed by atoms with Gasteiger partial charge in [-0.1, -0.05) is 23.2 Å². The summed E-state index contributed by atoms with van der Waals surface area (Å²) in [5, 5.41) is 9.32. The largest absolute Gasteiger partial charge is 0.467 e. The molecule has 8 heteroatoms. The zero-order chi connectivity index (χ0) is 18.1. The topological polar surface area (TPSA) is 71.0 Å². The van der Waals surface area contributed by atoms with Crippen molar-refractivity contribution in [1.29, 1.82) is 0 Å². The quantitative estimate of drug-likeness (QED) is 0.636. The van der Waals surface area contributed by atoms with Crippen LogP contribution in [0.25, 0.3) is 0 Å². The van der Waals surface area contributed by atoms with Crippen molar-refractivity contribution >= 4 is 40.6 Å². The van der Waals surface area contributed by atoms with Crippen LogP contribution in [0.4, 0.5) is 10.5 Å². The number of hydrogen-bond acceptors (Lipinski definition) is 4. The second kappa shape index (κ2) is 6.90. The van der Waals surface area contributed by atoms with Crippen molar-refractivity contribution in [3.63, 3.8) is 0 Å². The Morgan fingerprint density at radius 3 is 2.62 bits per heavy atom. The number of amides is 2. The van der Waals surface area contributed by atoms with E-state index in [1.54, 1.807) is 48.9 Å². The Morgan fingerprint density at radius 2 is 1.92 bits per heavy atom. The Balaban J connectivity index is 1.61. The number of anilines is 1. The van der Waals surface area contributed by atoms with E-state index in [1.165, 1.54) is 5.01 Å². The molecule has 0 aliphatic carbocycles. The lowest BCUT2D eigenvalue weighted by Crippen LogP contribution is -2.31. The monoisotopic (exact) mass is 389 g/mol. The smallest absolute Gasteiger partial charge is 0.342 e. The van der Waals surface area contributed by atoms with Crippen molar-refractivity contribution in [3.05, 3.63) is 76.6 Å². The van der Waals surface area contributed by atoms with Gasteiger partial charge in [0.1, 0.15) is 23.3 Å². The highest BCUT2D eigenvalue weighted by molar-refractivity contribution is 6.42. The predicted molar refractivity (Wildman–Crippen MR) is 98.6 cm³/mol. The van der Waals surface area contributed by atoms with E-state index in [1.807, 2.05) is 6.07 Å². The summed E-state index contributed by atoms with van der Waals surface area (Å²) < 4.78 is 10.9. The molecule has 0 spiro atoms. The fraction of sp³-hybridized carbons (Fsp3) is 0.111. The van der Waals surface area contributed by atoms with Crippen molar-refractivity contribution in [1.82, 2.24) is 5.01 Å². The van der Waals surface area contributed by atoms with E-state index in [0.29, 0.717) is 39.4 Å². The molecule has 1 unspecified atom stereocenters. The molecule has 3 aromatic rings. The molecule has 2 aromatic heterocycles. The summed E-state index contributed by atoms with van der Waals surface area (Å²) >= 11 is 11.9. The van der Waals surface area contributed by atoms with Gasteiger partial charge < -0.3 is 14.2 Å². The Morgan fingerprint density at radius 1 is 1.12 bits per heavy atom. The van der Waals surface area contributed by atoms with Crippen molar-refractivity contribution < 1.29 is 13.6 Å². The maximum Gasteiger partial charge on any atom is 0.342 e. The summed E-state index contributed by atoms with van der Waals surface area (Å²) in [6.45, 7) is 0. The van der Waals surface area contributed by atoms with Gasteiger partial charge in [-0.05, 0) is 42.5 Å². The summed E-state index contributed by atoms with van der Waals surface area (Å²) in [5.74, 6) is 1.26. The van der Waals surface area contributed by atoms with Crippen LogP contribution < -0.4 is 5.32 Å². The normalized spacial score (nSPS) is 16.6. The second-order valence-electron chi connectivity index (χ2n) is 5.66.